The van der Waals surface area contributed by atoms with Crippen molar-refractivity contribution in [2.45, 2.75) is 25.8 Å². The minimum Gasteiger partial charge on any atom is -0.366 e. The molecular weight excluding hydrogens is 495 g/mol. The van der Waals surface area contributed by atoms with E-state index >= 15 is 0 Å². The lowest BCUT2D eigenvalue weighted by Gasteiger charge is -2.36. The Morgan fingerprint density at radius 3 is 2.33 bits per heavy atom. The quantitative estimate of drug-likeness (QED) is 0.325. The van der Waals surface area contributed by atoms with Crippen molar-refractivity contribution >= 4 is 28.3 Å². The van der Waals surface area contributed by atoms with E-state index in [2.05, 4.69) is 10.2 Å². The number of amides is 1. The number of carbonyl (C=O) groups excluding carboxylic acids is 1. The van der Waals surface area contributed by atoms with Crippen LogP contribution in [0.2, 0.25) is 0 Å². The van der Waals surface area contributed by atoms with Gasteiger partial charge in [-0.1, -0.05) is 54.6 Å². The van der Waals surface area contributed by atoms with Crippen LogP contribution in [0.15, 0.2) is 83.7 Å². The van der Waals surface area contributed by atoms with Gasteiger partial charge in [0.05, 0.1) is 16.6 Å². The van der Waals surface area contributed by atoms with Crippen LogP contribution in [0, 0.1) is 5.82 Å². The van der Waals surface area contributed by atoms with Crippen LogP contribution in [-0.2, 0) is 24.2 Å². The molecule has 3 heterocycles. The molecule has 8 nitrogen and oxygen atoms in total. The van der Waals surface area contributed by atoms with Crippen LogP contribution < -0.4 is 10.5 Å². The van der Waals surface area contributed by atoms with E-state index in [0.717, 1.165) is 11.1 Å². The number of aromatic nitrogens is 4. The first-order valence-corrected chi connectivity index (χ1v) is 13.3. The van der Waals surface area contributed by atoms with E-state index in [1.165, 1.54) is 6.07 Å². The third-order valence-electron chi connectivity index (χ3n) is 7.43. The van der Waals surface area contributed by atoms with Crippen molar-refractivity contribution in [1.29, 1.82) is 0 Å². The highest BCUT2D eigenvalue weighted by Crippen LogP contribution is 2.21. The van der Waals surface area contributed by atoms with Crippen LogP contribution in [0.4, 0.5) is 10.1 Å². The molecule has 0 atom stereocenters. The first kappa shape index (κ1) is 24.8. The summed E-state index contributed by atoms with van der Waals surface area (Å²) in [4.78, 5) is 30.3. The largest absolute Gasteiger partial charge is 0.366 e. The van der Waals surface area contributed by atoms with Gasteiger partial charge in [0.25, 0.3) is 5.56 Å². The second-order valence-electron chi connectivity index (χ2n) is 9.78. The predicted molar refractivity (Wildman–Crippen MR) is 148 cm³/mol. The summed E-state index contributed by atoms with van der Waals surface area (Å²) in [5.74, 6) is 0.913. The number of aryl methyl sites for hydroxylation is 3. The Morgan fingerprint density at radius 2 is 1.54 bits per heavy atom. The van der Waals surface area contributed by atoms with Gasteiger partial charge in [-0.05, 0) is 36.2 Å². The van der Waals surface area contributed by atoms with Crippen molar-refractivity contribution in [2.24, 2.45) is 0 Å². The molecular formula is C30H29FN6O2. The molecule has 198 valence electrons. The molecule has 0 bridgehead atoms. The Bertz CT molecular complexity index is 1690. The fourth-order valence-electron chi connectivity index (χ4n) is 5.35. The zero-order chi connectivity index (χ0) is 26.8. The number of piperazine rings is 1. The van der Waals surface area contributed by atoms with E-state index < -0.39 is 0 Å². The molecule has 9 heteroatoms. The van der Waals surface area contributed by atoms with Crippen molar-refractivity contribution in [3.8, 4) is 0 Å². The van der Waals surface area contributed by atoms with Crippen molar-refractivity contribution in [3.63, 3.8) is 0 Å². The fraction of sp³-hybridized carbons (Fsp3) is 0.267. The van der Waals surface area contributed by atoms with E-state index in [-0.39, 0.29) is 23.7 Å². The van der Waals surface area contributed by atoms with Crippen molar-refractivity contribution in [2.75, 3.05) is 31.1 Å². The molecule has 6 rings (SSSR count). The van der Waals surface area contributed by atoms with Gasteiger partial charge in [-0.25, -0.2) is 4.39 Å². The molecule has 39 heavy (non-hydrogen) atoms. The molecule has 1 amide bonds. The minimum atomic E-state index is -0.245. The number of fused-ring (bicyclic) bond motifs is 3. The Labute approximate surface area is 224 Å². The number of benzene rings is 3. The van der Waals surface area contributed by atoms with Crippen molar-refractivity contribution in [3.05, 3.63) is 106 Å². The Kier molecular flexibility index (Phi) is 6.79. The number of halogens is 1. The van der Waals surface area contributed by atoms with Gasteiger partial charge in [0.15, 0.2) is 0 Å². The molecule has 1 saturated heterocycles. The highest BCUT2D eigenvalue weighted by molar-refractivity contribution is 5.80. The normalized spacial score (nSPS) is 13.9. The molecule has 2 aromatic heterocycles. The van der Waals surface area contributed by atoms with Crippen LogP contribution in [0.1, 0.15) is 17.8 Å². The maximum Gasteiger partial charge on any atom is 0.262 e. The third kappa shape index (κ3) is 4.87. The minimum absolute atomic E-state index is 0.0293. The Balaban J connectivity index is 1.20. The van der Waals surface area contributed by atoms with E-state index in [9.17, 15) is 14.0 Å². The molecule has 0 aliphatic carbocycles. The summed E-state index contributed by atoms with van der Waals surface area (Å²) in [6.45, 7) is 2.71. The summed E-state index contributed by atoms with van der Waals surface area (Å²) in [5, 5.41) is 9.40. The molecule has 0 unspecified atom stereocenters. The maximum atomic E-state index is 14.2. The SMILES string of the molecule is O=C(CCc1nnc2n(CCc3ccccc3)c(=O)c3ccccc3n12)N1CCN(c2ccccc2F)CC1. The number of nitrogens with zero attached hydrogens (tertiary/aromatic N) is 6. The van der Waals surface area contributed by atoms with Gasteiger partial charge in [0.1, 0.15) is 11.6 Å². The van der Waals surface area contributed by atoms with Crippen molar-refractivity contribution in [1.82, 2.24) is 24.1 Å². The fourth-order valence-corrected chi connectivity index (χ4v) is 5.35. The number of carbonyl (C=O) groups is 1. The monoisotopic (exact) mass is 524 g/mol. The van der Waals surface area contributed by atoms with Gasteiger partial charge in [0, 0.05) is 45.6 Å². The van der Waals surface area contributed by atoms with E-state index in [4.69, 9.17) is 0 Å². The molecule has 3 aromatic carbocycles. The number of rotatable bonds is 7. The average Bonchev–Trinajstić information content (AvgIpc) is 3.41. The molecule has 0 saturated carbocycles. The van der Waals surface area contributed by atoms with Crippen LogP contribution in [0.5, 0.6) is 0 Å². The third-order valence-corrected chi connectivity index (χ3v) is 7.43. The van der Waals surface area contributed by atoms with E-state index in [1.807, 2.05) is 74.9 Å². The first-order valence-electron chi connectivity index (χ1n) is 13.3. The Hall–Kier alpha value is -4.53. The number of hydrogen-bond acceptors (Lipinski definition) is 5. The molecule has 0 N–H and O–H groups in total. The predicted octanol–water partition coefficient (Wildman–Crippen LogP) is 3.71. The lowest BCUT2D eigenvalue weighted by Crippen LogP contribution is -2.49. The summed E-state index contributed by atoms with van der Waals surface area (Å²) in [6.07, 6.45) is 1.36. The molecule has 1 fully saturated rings. The van der Waals surface area contributed by atoms with Gasteiger partial charge >= 0.3 is 0 Å². The highest BCUT2D eigenvalue weighted by Gasteiger charge is 2.24. The average molecular weight is 525 g/mol. The topological polar surface area (TPSA) is 75.7 Å². The van der Waals surface area contributed by atoms with Crippen molar-refractivity contribution < 1.29 is 9.18 Å². The molecule has 1 aliphatic heterocycles. The highest BCUT2D eigenvalue weighted by atomic mass is 19.1. The van der Waals surface area contributed by atoms with E-state index in [1.54, 1.807) is 16.7 Å². The maximum absolute atomic E-state index is 14.2. The van der Waals surface area contributed by atoms with E-state index in [0.29, 0.717) is 68.2 Å². The molecule has 5 aromatic rings. The van der Waals surface area contributed by atoms with Gasteiger partial charge in [-0.2, -0.15) is 0 Å². The number of anilines is 1. The first-order chi connectivity index (χ1) is 19.1. The Morgan fingerprint density at radius 1 is 0.821 bits per heavy atom. The standard InChI is InChI=1S/C30H29FN6O2/c31-24-11-5-7-13-26(24)34-18-20-35(21-19-34)28(38)15-14-27-32-33-30-36(17-16-22-8-2-1-3-9-22)29(39)23-10-4-6-12-25(23)37(27)30/h1-13H,14-21H2. The molecule has 0 spiro atoms. The summed E-state index contributed by atoms with van der Waals surface area (Å²) < 4.78 is 17.8. The van der Waals surface area contributed by atoms with Crippen LogP contribution in [0.25, 0.3) is 16.7 Å². The summed E-state index contributed by atoms with van der Waals surface area (Å²) in [5.41, 5.74) is 2.34. The molecule has 0 radical (unpaired) electrons. The lowest BCUT2D eigenvalue weighted by molar-refractivity contribution is -0.131. The zero-order valence-corrected chi connectivity index (χ0v) is 21.5. The van der Waals surface area contributed by atoms with Gasteiger partial charge in [0.2, 0.25) is 11.7 Å². The van der Waals surface area contributed by atoms with Crippen LogP contribution in [-0.4, -0.2) is 56.2 Å². The summed E-state index contributed by atoms with van der Waals surface area (Å²) in [6, 6.07) is 24.2. The number of para-hydroxylation sites is 2. The summed E-state index contributed by atoms with van der Waals surface area (Å²) >= 11 is 0. The van der Waals surface area contributed by atoms with Crippen LogP contribution in [0.3, 0.4) is 0 Å². The lowest BCUT2D eigenvalue weighted by atomic mass is 10.1. The summed E-state index contributed by atoms with van der Waals surface area (Å²) in [7, 11) is 0. The van der Waals surface area contributed by atoms with Gasteiger partial charge in [-0.3, -0.25) is 18.6 Å². The molecule has 1 aliphatic rings. The number of hydrogen-bond donors (Lipinski definition) is 0. The smallest absolute Gasteiger partial charge is 0.262 e. The van der Waals surface area contributed by atoms with Crippen LogP contribution >= 0.6 is 0 Å². The van der Waals surface area contributed by atoms with Gasteiger partial charge in [-0.15, -0.1) is 10.2 Å². The zero-order valence-electron chi connectivity index (χ0n) is 21.5. The van der Waals surface area contributed by atoms with Gasteiger partial charge < -0.3 is 9.80 Å². The second-order valence-corrected chi connectivity index (χ2v) is 9.78. The second kappa shape index (κ2) is 10.7.